The Hall–Kier alpha value is -3.04. The lowest BCUT2D eigenvalue weighted by atomic mass is 9.82. The molecular weight excluding hydrogens is 416 g/mol. The van der Waals surface area contributed by atoms with Crippen LogP contribution < -0.4 is 0 Å². The normalized spacial score (nSPS) is 32.3. The quantitative estimate of drug-likeness (QED) is 0.481. The number of hydrogen-bond acceptors (Lipinski definition) is 8. The van der Waals surface area contributed by atoms with Crippen LogP contribution in [0, 0.1) is 0 Å². The van der Waals surface area contributed by atoms with Crippen LogP contribution in [0.4, 0.5) is 0 Å². The molecule has 4 fully saturated rings. The summed E-state index contributed by atoms with van der Waals surface area (Å²) in [7, 11) is 0. The van der Waals surface area contributed by atoms with Crippen molar-refractivity contribution in [3.8, 4) is 0 Å². The maximum atomic E-state index is 12.8. The fourth-order valence-electron chi connectivity index (χ4n) is 4.24. The minimum absolute atomic E-state index is 0.222. The summed E-state index contributed by atoms with van der Waals surface area (Å²) in [6.45, 7) is 2.95. The van der Waals surface area contributed by atoms with Gasteiger partial charge >= 0.3 is 11.9 Å². The smallest absolute Gasteiger partial charge is 0.338 e. The molecule has 0 N–H and O–H groups in total. The molecule has 0 amide bonds. The summed E-state index contributed by atoms with van der Waals surface area (Å²) in [6.07, 6.45) is -2.82. The van der Waals surface area contributed by atoms with E-state index in [1.165, 1.54) is 0 Å². The SMILES string of the molecule is C=CCOC1[C@H]2OC3OC([C@@H]2OC(=O)c2ccccc2)[C@H](OC(=O)c2ccccc2)[C@H]1O3. The third-order valence-electron chi connectivity index (χ3n) is 5.66. The standard InChI is InChI=1S/C24H22O8/c1-2-13-27-16-17-19(28-22(25)14-9-5-3-6-10-14)21-20(18(16)31-24(30-17)32-21)29-23(26)15-11-7-4-8-12-15/h2-12,16-21,24H,1,13H2/t16?,17-,18+,19-,20-,21?,24?/m1/s1. The largest absolute Gasteiger partial charge is 0.453 e. The first kappa shape index (κ1) is 20.8. The summed E-state index contributed by atoms with van der Waals surface area (Å²) >= 11 is 0. The highest BCUT2D eigenvalue weighted by molar-refractivity contribution is 5.90. The van der Waals surface area contributed by atoms with Crippen LogP contribution in [0.25, 0.3) is 0 Å². The molecule has 3 heterocycles. The fourth-order valence-corrected chi connectivity index (χ4v) is 4.24. The molecule has 4 bridgehead atoms. The first-order valence-electron chi connectivity index (χ1n) is 10.4. The van der Waals surface area contributed by atoms with Gasteiger partial charge in [0, 0.05) is 0 Å². The Kier molecular flexibility index (Phi) is 5.75. The number of rotatable bonds is 7. The Balaban J connectivity index is 1.42. The van der Waals surface area contributed by atoms with Crippen LogP contribution >= 0.6 is 0 Å². The van der Waals surface area contributed by atoms with Crippen LogP contribution in [0.5, 0.6) is 0 Å². The second-order valence-electron chi connectivity index (χ2n) is 7.65. The molecule has 4 aliphatic rings. The molecular formula is C24H22O8. The minimum atomic E-state index is -0.947. The summed E-state index contributed by atoms with van der Waals surface area (Å²) in [5.41, 5.74) is 0.776. The maximum absolute atomic E-state index is 12.8. The van der Waals surface area contributed by atoms with E-state index in [0.717, 1.165) is 0 Å². The zero-order valence-corrected chi connectivity index (χ0v) is 17.1. The minimum Gasteiger partial charge on any atom is -0.453 e. The van der Waals surface area contributed by atoms with E-state index in [9.17, 15) is 9.59 Å². The fraction of sp³-hybridized carbons (Fsp3) is 0.333. The molecule has 8 heteroatoms. The molecule has 0 aromatic heterocycles. The average molecular weight is 438 g/mol. The predicted octanol–water partition coefficient (Wildman–Crippen LogP) is 2.49. The first-order valence-corrected chi connectivity index (χ1v) is 10.4. The van der Waals surface area contributed by atoms with Gasteiger partial charge in [-0.3, -0.25) is 0 Å². The topological polar surface area (TPSA) is 89.5 Å². The Morgan fingerprint density at radius 3 is 1.62 bits per heavy atom. The van der Waals surface area contributed by atoms with Crippen LogP contribution in [0.3, 0.4) is 0 Å². The van der Waals surface area contributed by atoms with Crippen LogP contribution in [-0.4, -0.2) is 61.6 Å². The van der Waals surface area contributed by atoms with Crippen LogP contribution in [0.15, 0.2) is 73.3 Å². The highest BCUT2D eigenvalue weighted by Gasteiger charge is 2.65. The second kappa shape index (κ2) is 8.84. The summed E-state index contributed by atoms with van der Waals surface area (Å²) in [6, 6.07) is 17.2. The predicted molar refractivity (Wildman–Crippen MR) is 110 cm³/mol. The number of hydrogen-bond donors (Lipinski definition) is 0. The van der Waals surface area contributed by atoms with Gasteiger partial charge in [0.15, 0.2) is 12.2 Å². The van der Waals surface area contributed by atoms with Gasteiger partial charge in [-0.05, 0) is 24.3 Å². The summed E-state index contributed by atoms with van der Waals surface area (Å²) in [5, 5.41) is 0. The van der Waals surface area contributed by atoms with Crippen molar-refractivity contribution in [2.75, 3.05) is 6.61 Å². The lowest BCUT2D eigenvalue weighted by molar-refractivity contribution is -0.481. The van der Waals surface area contributed by atoms with E-state index in [-0.39, 0.29) is 6.61 Å². The van der Waals surface area contributed by atoms with Crippen LogP contribution in [-0.2, 0) is 28.4 Å². The molecule has 2 aromatic carbocycles. The van der Waals surface area contributed by atoms with Crippen molar-refractivity contribution in [1.29, 1.82) is 0 Å². The zero-order chi connectivity index (χ0) is 22.1. The van der Waals surface area contributed by atoms with Crippen molar-refractivity contribution >= 4 is 11.9 Å². The number of carbonyl (C=O) groups is 2. The van der Waals surface area contributed by atoms with Crippen molar-refractivity contribution in [2.24, 2.45) is 0 Å². The van der Waals surface area contributed by atoms with E-state index < -0.39 is 55.0 Å². The molecule has 6 rings (SSSR count). The van der Waals surface area contributed by atoms with Gasteiger partial charge in [0.1, 0.15) is 24.4 Å². The third kappa shape index (κ3) is 3.82. The van der Waals surface area contributed by atoms with Crippen molar-refractivity contribution < 1.29 is 38.0 Å². The highest BCUT2D eigenvalue weighted by Crippen LogP contribution is 2.44. The molecule has 7 atom stereocenters. The Bertz CT molecular complexity index is 907. The van der Waals surface area contributed by atoms with E-state index >= 15 is 0 Å². The summed E-state index contributed by atoms with van der Waals surface area (Å²) in [4.78, 5) is 25.6. The van der Waals surface area contributed by atoms with Crippen molar-refractivity contribution in [2.45, 2.75) is 43.1 Å². The van der Waals surface area contributed by atoms with E-state index in [2.05, 4.69) is 6.58 Å². The molecule has 32 heavy (non-hydrogen) atoms. The summed E-state index contributed by atoms with van der Waals surface area (Å²) in [5.74, 6) is -1.07. The van der Waals surface area contributed by atoms with Crippen molar-refractivity contribution in [1.82, 2.24) is 0 Å². The van der Waals surface area contributed by atoms with Gasteiger partial charge in [0.05, 0.1) is 17.7 Å². The molecule has 3 saturated heterocycles. The molecule has 1 aliphatic carbocycles. The number of benzene rings is 2. The monoisotopic (exact) mass is 438 g/mol. The van der Waals surface area contributed by atoms with E-state index in [0.29, 0.717) is 11.1 Å². The van der Waals surface area contributed by atoms with E-state index in [1.54, 1.807) is 66.7 Å². The highest BCUT2D eigenvalue weighted by atomic mass is 16.9. The molecule has 2 aromatic rings. The molecule has 1 saturated carbocycles. The summed E-state index contributed by atoms with van der Waals surface area (Å²) < 4.78 is 34.9. The van der Waals surface area contributed by atoms with Gasteiger partial charge < -0.3 is 28.4 Å². The molecule has 3 aliphatic heterocycles. The molecule has 8 nitrogen and oxygen atoms in total. The van der Waals surface area contributed by atoms with E-state index in [4.69, 9.17) is 28.4 Å². The Labute approximate surface area is 184 Å². The molecule has 166 valence electrons. The van der Waals surface area contributed by atoms with Crippen LogP contribution in [0.1, 0.15) is 20.7 Å². The third-order valence-corrected chi connectivity index (χ3v) is 5.66. The van der Waals surface area contributed by atoms with E-state index in [1.807, 2.05) is 0 Å². The van der Waals surface area contributed by atoms with Gasteiger partial charge in [-0.2, -0.15) is 0 Å². The number of carbonyl (C=O) groups excluding carboxylic acids is 2. The maximum Gasteiger partial charge on any atom is 0.338 e. The average Bonchev–Trinajstić information content (AvgIpc) is 2.83. The first-order chi connectivity index (χ1) is 15.7. The molecule has 3 unspecified atom stereocenters. The van der Waals surface area contributed by atoms with Crippen LogP contribution in [0.2, 0.25) is 0 Å². The van der Waals surface area contributed by atoms with Crippen molar-refractivity contribution in [3.63, 3.8) is 0 Å². The number of ether oxygens (including phenoxy) is 6. The van der Waals surface area contributed by atoms with Gasteiger partial charge in [-0.1, -0.05) is 42.5 Å². The lowest BCUT2D eigenvalue weighted by Gasteiger charge is -2.57. The Morgan fingerprint density at radius 2 is 1.19 bits per heavy atom. The Morgan fingerprint density at radius 1 is 0.750 bits per heavy atom. The molecule has 0 radical (unpaired) electrons. The van der Waals surface area contributed by atoms with Gasteiger partial charge in [0.25, 0.3) is 6.48 Å². The zero-order valence-electron chi connectivity index (χ0n) is 17.1. The second-order valence-corrected chi connectivity index (χ2v) is 7.65. The van der Waals surface area contributed by atoms with Gasteiger partial charge in [0.2, 0.25) is 0 Å². The number of esters is 2. The lowest BCUT2D eigenvalue weighted by Crippen LogP contribution is -2.76. The van der Waals surface area contributed by atoms with Gasteiger partial charge in [-0.25, -0.2) is 9.59 Å². The molecule has 0 spiro atoms. The van der Waals surface area contributed by atoms with Crippen molar-refractivity contribution in [3.05, 3.63) is 84.4 Å². The van der Waals surface area contributed by atoms with Gasteiger partial charge in [-0.15, -0.1) is 6.58 Å².